The van der Waals surface area contributed by atoms with Crippen molar-refractivity contribution < 1.29 is 18.0 Å². The van der Waals surface area contributed by atoms with Gasteiger partial charge in [-0.3, -0.25) is 4.79 Å². The first kappa shape index (κ1) is 15.3. The van der Waals surface area contributed by atoms with Crippen LogP contribution in [0.25, 0.3) is 5.53 Å². The molecule has 0 amide bonds. The van der Waals surface area contributed by atoms with Gasteiger partial charge in [-0.2, -0.15) is 0 Å². The highest BCUT2D eigenvalue weighted by Gasteiger charge is 2.43. The van der Waals surface area contributed by atoms with Crippen LogP contribution < -0.4 is 0 Å². The summed E-state index contributed by atoms with van der Waals surface area (Å²) in [6.07, 6.45) is 0. The third-order valence-corrected chi connectivity index (χ3v) is 4.22. The van der Waals surface area contributed by atoms with E-state index < -0.39 is 26.1 Å². The van der Waals surface area contributed by atoms with Crippen molar-refractivity contribution in [1.82, 2.24) is 0 Å². The lowest BCUT2D eigenvalue weighted by Gasteiger charge is -2.12. The van der Waals surface area contributed by atoms with Crippen LogP contribution in [0.1, 0.15) is 26.3 Å². The number of benzene rings is 1. The number of hydrogen-bond acceptors (Lipinski definition) is 3. The van der Waals surface area contributed by atoms with E-state index in [4.69, 9.17) is 5.53 Å². The normalized spacial score (nSPS) is 11.8. The second kappa shape index (κ2) is 5.07. The van der Waals surface area contributed by atoms with Crippen LogP contribution in [0, 0.1) is 12.3 Å². The van der Waals surface area contributed by atoms with Crippen LogP contribution in [-0.4, -0.2) is 24.0 Å². The Kier molecular flexibility index (Phi) is 4.08. The van der Waals surface area contributed by atoms with Crippen LogP contribution in [0.4, 0.5) is 0 Å². The summed E-state index contributed by atoms with van der Waals surface area (Å²) in [5.41, 5.74) is 8.85. The molecule has 0 saturated heterocycles. The van der Waals surface area contributed by atoms with Gasteiger partial charge in [0.05, 0.1) is 4.90 Å². The molecule has 0 spiro atoms. The Morgan fingerprint density at radius 1 is 1.16 bits per heavy atom. The van der Waals surface area contributed by atoms with E-state index in [1.165, 1.54) is 12.1 Å². The van der Waals surface area contributed by atoms with Gasteiger partial charge in [0.25, 0.3) is 15.6 Å². The Labute approximate surface area is 112 Å². The van der Waals surface area contributed by atoms with Crippen LogP contribution in [0.15, 0.2) is 29.2 Å². The molecule has 19 heavy (non-hydrogen) atoms. The molecule has 0 saturated carbocycles. The largest absolute Gasteiger partial charge is 0.452 e. The van der Waals surface area contributed by atoms with Crippen molar-refractivity contribution in [2.45, 2.75) is 32.6 Å². The third-order valence-electron chi connectivity index (χ3n) is 2.55. The van der Waals surface area contributed by atoms with Crippen molar-refractivity contribution in [1.29, 1.82) is 0 Å². The molecule has 0 heterocycles. The second-order valence-electron chi connectivity index (χ2n) is 5.30. The smallest absolute Gasteiger partial charge is 0.360 e. The minimum atomic E-state index is -4.10. The number of rotatable bonds is 2. The third kappa shape index (κ3) is 3.16. The molecule has 102 valence electrons. The van der Waals surface area contributed by atoms with E-state index in [0.717, 1.165) is 5.56 Å². The molecule has 0 N–H and O–H groups in total. The van der Waals surface area contributed by atoms with Gasteiger partial charge in [-0.15, -0.1) is 4.79 Å². The van der Waals surface area contributed by atoms with E-state index >= 15 is 0 Å². The zero-order valence-corrected chi connectivity index (χ0v) is 12.2. The van der Waals surface area contributed by atoms with Gasteiger partial charge in [0, 0.05) is 5.41 Å². The number of aryl methyl sites for hydroxylation is 1. The molecule has 1 aromatic carbocycles. The molecule has 5 nitrogen and oxygen atoms in total. The topological polar surface area (TPSA) is 87.6 Å². The van der Waals surface area contributed by atoms with E-state index in [1.54, 1.807) is 32.9 Å². The summed E-state index contributed by atoms with van der Waals surface area (Å²) in [5.74, 6) is -0.726. The minimum Gasteiger partial charge on any atom is -0.360 e. The first-order valence-electron chi connectivity index (χ1n) is 5.69. The summed E-state index contributed by atoms with van der Waals surface area (Å²) in [5, 5.41) is -0.830. The summed E-state index contributed by atoms with van der Waals surface area (Å²) >= 11 is 0. The lowest BCUT2D eigenvalue weighted by Crippen LogP contribution is -2.34. The molecule has 0 radical (unpaired) electrons. The van der Waals surface area contributed by atoms with E-state index in [9.17, 15) is 13.2 Å². The molecule has 0 aliphatic rings. The fourth-order valence-corrected chi connectivity index (χ4v) is 2.75. The standard InChI is InChI=1S/C13H16N2O3S/c1-9-5-7-10(8-6-9)19(17,18)12(15-14)11(16)13(2,3)4/h5-8H,1-4H3. The molecule has 0 unspecified atom stereocenters. The van der Waals surface area contributed by atoms with Crippen molar-refractivity contribution >= 4 is 20.7 Å². The van der Waals surface area contributed by atoms with Crippen molar-refractivity contribution in [2.75, 3.05) is 0 Å². The number of nitrogens with zero attached hydrogens (tertiary/aromatic N) is 2. The van der Waals surface area contributed by atoms with Crippen LogP contribution in [-0.2, 0) is 14.6 Å². The van der Waals surface area contributed by atoms with Crippen molar-refractivity contribution in [3.63, 3.8) is 0 Å². The maximum atomic E-state index is 12.3. The second-order valence-corrected chi connectivity index (χ2v) is 7.17. The Hall–Kier alpha value is -1.78. The summed E-state index contributed by atoms with van der Waals surface area (Å²) in [7, 11) is -4.10. The van der Waals surface area contributed by atoms with E-state index in [1.807, 2.05) is 6.92 Å². The predicted molar refractivity (Wildman–Crippen MR) is 71.5 cm³/mol. The number of carbonyl (C=O) groups excluding carboxylic acids is 1. The Bertz CT molecular complexity index is 646. The predicted octanol–water partition coefficient (Wildman–Crippen LogP) is 2.01. The number of sulfone groups is 1. The average molecular weight is 280 g/mol. The number of hydrogen-bond donors (Lipinski definition) is 0. The molecular formula is C13H16N2O3S. The summed E-state index contributed by atoms with van der Waals surface area (Å²) in [6.45, 7) is 6.50. The van der Waals surface area contributed by atoms with Crippen molar-refractivity contribution in [2.24, 2.45) is 5.41 Å². The zero-order valence-electron chi connectivity index (χ0n) is 11.3. The maximum absolute atomic E-state index is 12.3. The van der Waals surface area contributed by atoms with Gasteiger partial charge >= 0.3 is 5.04 Å². The minimum absolute atomic E-state index is 0.0662. The quantitative estimate of drug-likeness (QED) is 0.359. The highest BCUT2D eigenvalue weighted by molar-refractivity contribution is 8.08. The molecule has 0 aliphatic heterocycles. The molecule has 6 heteroatoms. The fraction of sp³-hybridized carbons (Fsp3) is 0.385. The van der Waals surface area contributed by atoms with E-state index in [-0.39, 0.29) is 4.90 Å². The molecular weight excluding hydrogens is 264 g/mol. The average Bonchev–Trinajstić information content (AvgIpc) is 2.28. The van der Waals surface area contributed by atoms with E-state index in [0.29, 0.717) is 0 Å². The first-order chi connectivity index (χ1) is 8.60. The molecule has 1 aromatic rings. The van der Waals surface area contributed by atoms with Gasteiger partial charge in [-0.1, -0.05) is 38.5 Å². The molecule has 1 rings (SSSR count). The van der Waals surface area contributed by atoms with Crippen LogP contribution >= 0.6 is 0 Å². The molecule has 0 bridgehead atoms. The van der Waals surface area contributed by atoms with E-state index in [2.05, 4.69) is 4.79 Å². The van der Waals surface area contributed by atoms with Gasteiger partial charge in [0.1, 0.15) is 0 Å². The maximum Gasteiger partial charge on any atom is 0.452 e. The fourth-order valence-electron chi connectivity index (χ4n) is 1.37. The summed E-state index contributed by atoms with van der Waals surface area (Å²) < 4.78 is 24.5. The van der Waals surface area contributed by atoms with Crippen LogP contribution in [0.2, 0.25) is 0 Å². The first-order valence-corrected chi connectivity index (χ1v) is 7.17. The SMILES string of the molecule is Cc1ccc(S(=O)(=O)C(=[N+]=[N-])C(=O)C(C)(C)C)cc1. The van der Waals surface area contributed by atoms with Gasteiger partial charge < -0.3 is 5.53 Å². The van der Waals surface area contributed by atoms with Gasteiger partial charge in [-0.05, 0) is 19.1 Å². The van der Waals surface area contributed by atoms with Crippen LogP contribution in [0.5, 0.6) is 0 Å². The highest BCUT2D eigenvalue weighted by Crippen LogP contribution is 2.20. The summed E-state index contributed by atoms with van der Waals surface area (Å²) in [6, 6.07) is 5.99. The molecule has 0 aromatic heterocycles. The lowest BCUT2D eigenvalue weighted by molar-refractivity contribution is -0.123. The van der Waals surface area contributed by atoms with Gasteiger partial charge in [-0.25, -0.2) is 8.42 Å². The molecule has 0 atom stereocenters. The summed E-state index contributed by atoms with van der Waals surface area (Å²) in [4.78, 5) is 14.7. The van der Waals surface area contributed by atoms with Crippen molar-refractivity contribution in [3.05, 3.63) is 35.4 Å². The number of ketones is 1. The molecule has 0 aliphatic carbocycles. The van der Waals surface area contributed by atoms with Gasteiger partial charge in [0.15, 0.2) is 0 Å². The highest BCUT2D eigenvalue weighted by atomic mass is 32.2. The Balaban J connectivity index is 3.38. The number of Topliss-reactive ketones (excluding diaryl/α,β-unsaturated/α-hetero) is 1. The zero-order chi connectivity index (χ0) is 14.8. The Morgan fingerprint density at radius 3 is 2.00 bits per heavy atom. The Morgan fingerprint density at radius 2 is 1.63 bits per heavy atom. The molecule has 0 fully saturated rings. The van der Waals surface area contributed by atoms with Gasteiger partial charge in [0.2, 0.25) is 0 Å². The number of carbonyl (C=O) groups is 1. The van der Waals surface area contributed by atoms with Crippen molar-refractivity contribution in [3.8, 4) is 0 Å². The monoisotopic (exact) mass is 280 g/mol. The lowest BCUT2D eigenvalue weighted by atomic mass is 9.91. The van der Waals surface area contributed by atoms with Crippen LogP contribution in [0.3, 0.4) is 0 Å².